The van der Waals surface area contributed by atoms with E-state index in [1.54, 1.807) is 5.32 Å². The van der Waals surface area contributed by atoms with Crippen molar-refractivity contribution in [3.63, 3.8) is 0 Å². The summed E-state index contributed by atoms with van der Waals surface area (Å²) in [6, 6.07) is -0.647. The van der Waals surface area contributed by atoms with Crippen LogP contribution in [0.4, 0.5) is 27.6 Å². The molecule has 1 saturated heterocycles. The van der Waals surface area contributed by atoms with Gasteiger partial charge in [-0.1, -0.05) is 34.6 Å². The highest BCUT2D eigenvalue weighted by atomic mass is 19.4. The Hall–Kier alpha value is -3.76. The van der Waals surface area contributed by atoms with Gasteiger partial charge in [-0.3, -0.25) is 19.2 Å². The number of piperidine rings is 1. The number of nitrogens with zero attached hydrogens (tertiary/aromatic N) is 2. The summed E-state index contributed by atoms with van der Waals surface area (Å²) in [5.74, 6) is -8.19. The Kier molecular flexibility index (Phi) is 7.33. The molecule has 4 amide bonds. The third-order valence-electron chi connectivity index (χ3n) is 8.38. The lowest BCUT2D eigenvalue weighted by molar-refractivity contribution is -0.176. The average molecular weight is 584 g/mol. The first-order chi connectivity index (χ1) is 18.8. The summed E-state index contributed by atoms with van der Waals surface area (Å²) < 4.78 is 67.1. The second-order valence-corrected chi connectivity index (χ2v) is 12.5. The van der Waals surface area contributed by atoms with Crippen LogP contribution in [0.5, 0.6) is 0 Å². The van der Waals surface area contributed by atoms with Gasteiger partial charge in [0.25, 0.3) is 0 Å². The molecule has 0 radical (unpaired) electrons. The molecule has 3 aliphatic rings. The first kappa shape index (κ1) is 30.2. The number of alkyl halides is 3. The molecule has 2 aliphatic heterocycles. The summed E-state index contributed by atoms with van der Waals surface area (Å²) >= 11 is 0. The molecule has 0 spiro atoms. The maximum Gasteiger partial charge on any atom is 0.471 e. The summed E-state index contributed by atoms with van der Waals surface area (Å²) in [6.45, 7) is 8.23. The smallest absolute Gasteiger partial charge is 0.339 e. The quantitative estimate of drug-likeness (QED) is 0.444. The van der Waals surface area contributed by atoms with Crippen LogP contribution in [0, 0.1) is 45.6 Å². The number of benzene rings is 1. The molecule has 1 saturated carbocycles. The predicted octanol–water partition coefficient (Wildman–Crippen LogP) is 2.98. The maximum atomic E-state index is 14.1. The minimum atomic E-state index is -5.23. The lowest BCUT2D eigenvalue weighted by Crippen LogP contribution is -2.61. The number of carbonyl (C=O) groups excluding carboxylic acids is 4. The first-order valence-corrected chi connectivity index (χ1v) is 13.0. The summed E-state index contributed by atoms with van der Waals surface area (Å²) in [6.07, 6.45) is -5.55. The zero-order valence-corrected chi connectivity index (χ0v) is 23.0. The summed E-state index contributed by atoms with van der Waals surface area (Å²) in [4.78, 5) is 52.6. The van der Waals surface area contributed by atoms with Gasteiger partial charge in [0.15, 0.2) is 0 Å². The first-order valence-electron chi connectivity index (χ1n) is 13.0. The Bertz CT molecular complexity index is 1350. The van der Waals surface area contributed by atoms with E-state index in [9.17, 15) is 46.4 Å². The van der Waals surface area contributed by atoms with Crippen LogP contribution in [0.3, 0.4) is 0 Å². The van der Waals surface area contributed by atoms with Gasteiger partial charge in [-0.05, 0) is 40.7 Å². The van der Waals surface area contributed by atoms with Gasteiger partial charge >= 0.3 is 12.1 Å². The second-order valence-electron chi connectivity index (χ2n) is 12.5. The van der Waals surface area contributed by atoms with Crippen LogP contribution in [0.15, 0.2) is 12.1 Å². The van der Waals surface area contributed by atoms with Crippen molar-refractivity contribution in [2.45, 2.75) is 71.3 Å². The van der Waals surface area contributed by atoms with E-state index in [0.717, 1.165) is 11.0 Å². The van der Waals surface area contributed by atoms with Crippen LogP contribution < -0.4 is 16.0 Å². The molecule has 6 atom stereocenters. The Balaban J connectivity index is 1.56. The van der Waals surface area contributed by atoms with Gasteiger partial charge in [-0.25, -0.2) is 8.78 Å². The largest absolute Gasteiger partial charge is 0.471 e. The highest BCUT2D eigenvalue weighted by Gasteiger charge is 2.70. The topological polar surface area (TPSA) is 131 Å². The summed E-state index contributed by atoms with van der Waals surface area (Å²) in [5.41, 5.74) is -1.75. The van der Waals surface area contributed by atoms with Gasteiger partial charge in [-0.15, -0.1) is 0 Å². The van der Waals surface area contributed by atoms with E-state index in [-0.39, 0.29) is 41.5 Å². The van der Waals surface area contributed by atoms with Crippen molar-refractivity contribution in [2.75, 3.05) is 11.9 Å². The van der Waals surface area contributed by atoms with Crippen LogP contribution in [0.2, 0.25) is 0 Å². The van der Waals surface area contributed by atoms with Gasteiger partial charge in [0, 0.05) is 12.6 Å². The van der Waals surface area contributed by atoms with E-state index in [1.165, 1.54) is 20.8 Å². The van der Waals surface area contributed by atoms with Crippen LogP contribution in [-0.4, -0.2) is 59.4 Å². The van der Waals surface area contributed by atoms with E-state index in [1.807, 2.05) is 19.9 Å². The van der Waals surface area contributed by atoms with Crippen molar-refractivity contribution in [3.05, 3.63) is 29.3 Å². The van der Waals surface area contributed by atoms with E-state index < -0.39 is 70.9 Å². The summed E-state index contributed by atoms with van der Waals surface area (Å²) in [5, 5.41) is 16.3. The van der Waals surface area contributed by atoms with Crippen molar-refractivity contribution in [2.24, 2.45) is 22.7 Å². The number of fused-ring (bicyclic) bond motifs is 2. The fourth-order valence-corrected chi connectivity index (χ4v) is 6.06. The monoisotopic (exact) mass is 583 g/mol. The van der Waals surface area contributed by atoms with Crippen LogP contribution >= 0.6 is 0 Å². The third kappa shape index (κ3) is 5.46. The molecular formula is C27H30F5N5O4. The lowest BCUT2D eigenvalue weighted by atomic mass is 9.85. The van der Waals surface area contributed by atoms with Crippen molar-refractivity contribution in [1.29, 1.82) is 5.26 Å². The SMILES string of the molecule is CC(C)(C)[C@H](NC(=O)C(F)(F)F)C(=O)N1C[C@H]2[C@@H]([C@H]1C(=O)N[C@H](C#N)CC1C(=O)Nc3c(F)cc(F)cc31)C2(C)C. The Morgan fingerprint density at radius 2 is 1.80 bits per heavy atom. The van der Waals surface area contributed by atoms with Crippen molar-refractivity contribution < 1.29 is 41.1 Å². The molecule has 3 N–H and O–H groups in total. The van der Waals surface area contributed by atoms with Crippen LogP contribution in [-0.2, 0) is 19.2 Å². The fourth-order valence-electron chi connectivity index (χ4n) is 6.06. The maximum absolute atomic E-state index is 14.1. The third-order valence-corrected chi connectivity index (χ3v) is 8.38. The second kappa shape index (κ2) is 9.95. The molecule has 0 bridgehead atoms. The number of rotatable bonds is 6. The molecule has 2 fully saturated rings. The summed E-state index contributed by atoms with van der Waals surface area (Å²) in [7, 11) is 0. The van der Waals surface area contributed by atoms with E-state index in [0.29, 0.717) is 6.07 Å². The minimum absolute atomic E-state index is 0.00325. The Morgan fingerprint density at radius 3 is 2.37 bits per heavy atom. The zero-order chi connectivity index (χ0) is 30.8. The van der Waals surface area contributed by atoms with Gasteiger partial charge in [-0.2, -0.15) is 18.4 Å². The van der Waals surface area contributed by atoms with Gasteiger partial charge in [0.05, 0.1) is 17.7 Å². The number of likely N-dealkylation sites (tertiary alicyclic amines) is 1. The fraction of sp³-hybridized carbons (Fsp3) is 0.593. The number of anilines is 1. The Morgan fingerprint density at radius 1 is 1.17 bits per heavy atom. The van der Waals surface area contributed by atoms with E-state index in [4.69, 9.17) is 0 Å². The molecule has 1 unspecified atom stereocenters. The molecule has 1 aliphatic carbocycles. The predicted molar refractivity (Wildman–Crippen MR) is 134 cm³/mol. The molecule has 4 rings (SSSR count). The molecule has 41 heavy (non-hydrogen) atoms. The molecule has 9 nitrogen and oxygen atoms in total. The lowest BCUT2D eigenvalue weighted by Gasteiger charge is -2.37. The minimum Gasteiger partial charge on any atom is -0.339 e. The zero-order valence-electron chi connectivity index (χ0n) is 23.0. The number of nitriles is 1. The van der Waals surface area contributed by atoms with Crippen LogP contribution in [0.25, 0.3) is 0 Å². The van der Waals surface area contributed by atoms with Crippen molar-refractivity contribution in [3.8, 4) is 6.07 Å². The van der Waals surface area contributed by atoms with Crippen molar-refractivity contribution in [1.82, 2.24) is 15.5 Å². The van der Waals surface area contributed by atoms with Crippen LogP contribution in [0.1, 0.15) is 52.5 Å². The molecule has 222 valence electrons. The van der Waals surface area contributed by atoms with Gasteiger partial charge in [0.1, 0.15) is 29.8 Å². The van der Waals surface area contributed by atoms with E-state index in [2.05, 4.69) is 10.6 Å². The van der Waals surface area contributed by atoms with E-state index >= 15 is 0 Å². The number of hydrogen-bond acceptors (Lipinski definition) is 5. The molecule has 2 heterocycles. The normalized spacial score (nSPS) is 25.8. The highest BCUT2D eigenvalue weighted by Crippen LogP contribution is 2.65. The number of nitrogens with one attached hydrogen (secondary N) is 3. The van der Waals surface area contributed by atoms with Crippen molar-refractivity contribution >= 4 is 29.3 Å². The average Bonchev–Trinajstić information content (AvgIpc) is 3.15. The molecular weight excluding hydrogens is 553 g/mol. The highest BCUT2D eigenvalue weighted by molar-refractivity contribution is 6.03. The van der Waals surface area contributed by atoms with Gasteiger partial charge in [0.2, 0.25) is 17.7 Å². The standard InChI is InChI=1S/C27H30F5N5O4/c1-25(2,3)20(36-24(41)27(30,31)32)23(40)37-10-15-17(26(15,4)5)19(37)22(39)34-12(9-33)8-14-13-6-11(28)7-16(29)18(13)35-21(14)38/h6-7,12,14-15,17,19-20H,8,10H2,1-5H3,(H,34,39)(H,35,38)(H,36,41)/t12-,14?,15-,17-,19-,20+/m0/s1. The molecule has 1 aromatic rings. The number of halogens is 5. The molecule has 14 heteroatoms. The number of carbonyl (C=O) groups is 4. The Labute approximate surface area is 232 Å². The number of hydrogen-bond donors (Lipinski definition) is 3. The molecule has 0 aromatic heterocycles. The molecule has 1 aromatic carbocycles. The number of amides is 4. The van der Waals surface area contributed by atoms with Gasteiger partial charge < -0.3 is 20.9 Å².